The average Bonchev–Trinajstić information content (AvgIpc) is 2.35. The number of nitrogens with zero attached hydrogens (tertiary/aromatic N) is 4. The second-order valence-electron chi connectivity index (χ2n) is 3.53. The summed E-state index contributed by atoms with van der Waals surface area (Å²) < 4.78 is 0. The minimum absolute atomic E-state index is 0.151. The van der Waals surface area contributed by atoms with Crippen molar-refractivity contribution in [2.75, 3.05) is 14.1 Å². The Kier molecular flexibility index (Phi) is 4.47. The highest BCUT2D eigenvalue weighted by Gasteiger charge is 2.02. The Morgan fingerprint density at radius 1 is 1.18 bits per heavy atom. The largest absolute Gasteiger partial charge is 0.382 e. The summed E-state index contributed by atoms with van der Waals surface area (Å²) in [5.41, 5.74) is 1.31. The van der Waals surface area contributed by atoms with Gasteiger partial charge in [-0.15, -0.1) is 0 Å². The summed E-state index contributed by atoms with van der Waals surface area (Å²) in [6.07, 6.45) is 1.77. The minimum Gasteiger partial charge on any atom is -0.382 e. The fourth-order valence-electron chi connectivity index (χ4n) is 1.22. The van der Waals surface area contributed by atoms with Gasteiger partial charge < -0.3 is 4.90 Å². The molecule has 0 saturated heterocycles. The van der Waals surface area contributed by atoms with E-state index in [2.05, 4.69) is 4.99 Å². The first-order valence-corrected chi connectivity index (χ1v) is 5.00. The van der Waals surface area contributed by atoms with E-state index in [1.165, 1.54) is 0 Å². The van der Waals surface area contributed by atoms with Crippen LogP contribution in [0.2, 0.25) is 0 Å². The number of aliphatic imine (C=N–C) groups is 1. The third kappa shape index (κ3) is 3.81. The molecule has 0 N–H and O–H groups in total. The lowest BCUT2D eigenvalue weighted by atomic mass is 10.1. The Labute approximate surface area is 101 Å². The quantitative estimate of drug-likeness (QED) is 0.738. The van der Waals surface area contributed by atoms with Crippen LogP contribution in [0.25, 0.3) is 5.70 Å². The van der Waals surface area contributed by atoms with Gasteiger partial charge in [0.25, 0.3) is 0 Å². The van der Waals surface area contributed by atoms with Crippen LogP contribution >= 0.6 is 0 Å². The van der Waals surface area contributed by atoms with Gasteiger partial charge in [-0.25, -0.2) is 4.99 Å². The summed E-state index contributed by atoms with van der Waals surface area (Å²) in [7, 11) is 3.72. The topological polar surface area (TPSA) is 63.2 Å². The predicted molar refractivity (Wildman–Crippen MR) is 66.8 cm³/mol. The second kappa shape index (κ2) is 6.09. The first-order valence-electron chi connectivity index (χ1n) is 5.00. The van der Waals surface area contributed by atoms with Gasteiger partial charge >= 0.3 is 0 Å². The van der Waals surface area contributed by atoms with Crippen LogP contribution < -0.4 is 0 Å². The fraction of sp³-hybridized carbons (Fsp3) is 0.154. The van der Waals surface area contributed by atoms with Gasteiger partial charge in [0.15, 0.2) is 0 Å². The first-order chi connectivity index (χ1) is 8.17. The van der Waals surface area contributed by atoms with Gasteiger partial charge in [0.2, 0.25) is 5.71 Å². The monoisotopic (exact) mass is 224 g/mol. The standard InChI is InChI=1S/C13H12N4/c1-17(2)10-13(16-12(8-14)9-15)11-6-4-3-5-7-11/h3-7,10H,1-2H3/b13-10-. The van der Waals surface area contributed by atoms with Crippen LogP contribution in [-0.4, -0.2) is 24.7 Å². The maximum atomic E-state index is 8.71. The van der Waals surface area contributed by atoms with Crippen molar-refractivity contribution in [3.05, 3.63) is 42.1 Å². The third-order valence-corrected chi connectivity index (χ3v) is 1.89. The van der Waals surface area contributed by atoms with Crippen LogP contribution in [0.3, 0.4) is 0 Å². The average molecular weight is 224 g/mol. The molecule has 0 amide bonds. The molecule has 0 atom stereocenters. The maximum Gasteiger partial charge on any atom is 0.218 e. The zero-order valence-electron chi connectivity index (χ0n) is 9.75. The lowest BCUT2D eigenvalue weighted by Gasteiger charge is -2.08. The predicted octanol–water partition coefficient (Wildman–Crippen LogP) is 2.03. The normalized spacial score (nSPS) is 10.0. The molecule has 0 radical (unpaired) electrons. The molecule has 1 aromatic carbocycles. The van der Waals surface area contributed by atoms with Gasteiger partial charge in [-0.05, 0) is 0 Å². The van der Waals surface area contributed by atoms with Crippen LogP contribution in [0.1, 0.15) is 5.56 Å². The van der Waals surface area contributed by atoms with Crippen LogP contribution in [-0.2, 0) is 0 Å². The van der Waals surface area contributed by atoms with E-state index in [0.29, 0.717) is 5.70 Å². The molecule has 0 aromatic heterocycles. The number of nitriles is 2. The first kappa shape index (κ1) is 12.5. The van der Waals surface area contributed by atoms with Crippen molar-refractivity contribution in [2.24, 2.45) is 4.99 Å². The molecule has 4 heteroatoms. The summed E-state index contributed by atoms with van der Waals surface area (Å²) in [5, 5.41) is 17.4. The molecule has 84 valence electrons. The van der Waals surface area contributed by atoms with E-state index in [0.717, 1.165) is 5.56 Å². The summed E-state index contributed by atoms with van der Waals surface area (Å²) in [6, 6.07) is 12.9. The zero-order valence-corrected chi connectivity index (χ0v) is 9.75. The molecule has 0 saturated carbocycles. The van der Waals surface area contributed by atoms with Crippen molar-refractivity contribution in [3.8, 4) is 12.1 Å². The lowest BCUT2D eigenvalue weighted by Crippen LogP contribution is -2.03. The van der Waals surface area contributed by atoms with E-state index < -0.39 is 0 Å². The Morgan fingerprint density at radius 2 is 1.76 bits per heavy atom. The van der Waals surface area contributed by atoms with Crippen LogP contribution in [0.5, 0.6) is 0 Å². The van der Waals surface area contributed by atoms with Crippen LogP contribution in [0.4, 0.5) is 0 Å². The highest BCUT2D eigenvalue weighted by molar-refractivity contribution is 6.12. The van der Waals surface area contributed by atoms with E-state index in [-0.39, 0.29) is 5.71 Å². The van der Waals surface area contributed by atoms with Gasteiger partial charge in [-0.2, -0.15) is 10.5 Å². The van der Waals surface area contributed by atoms with Crippen molar-refractivity contribution >= 4 is 11.4 Å². The van der Waals surface area contributed by atoms with Gasteiger partial charge in [-0.3, -0.25) is 0 Å². The lowest BCUT2D eigenvalue weighted by molar-refractivity contribution is 0.565. The highest BCUT2D eigenvalue weighted by atomic mass is 15.0. The molecule has 0 fully saturated rings. The van der Waals surface area contributed by atoms with Gasteiger partial charge in [-0.1, -0.05) is 30.3 Å². The molecule has 0 unspecified atom stereocenters. The molecule has 0 aliphatic rings. The molecule has 0 bridgehead atoms. The van der Waals surface area contributed by atoms with E-state index in [4.69, 9.17) is 10.5 Å². The zero-order chi connectivity index (χ0) is 12.7. The molecule has 1 aromatic rings. The SMILES string of the molecule is CN(C)/C=C(\N=C(C#N)C#N)c1ccccc1. The van der Waals surface area contributed by atoms with Crippen LogP contribution in [0, 0.1) is 22.7 Å². The van der Waals surface area contributed by atoms with Crippen molar-refractivity contribution in [2.45, 2.75) is 0 Å². The molecule has 17 heavy (non-hydrogen) atoms. The van der Waals surface area contributed by atoms with Crippen molar-refractivity contribution in [3.63, 3.8) is 0 Å². The molecule has 1 rings (SSSR count). The highest BCUT2D eigenvalue weighted by Crippen LogP contribution is 2.16. The summed E-state index contributed by atoms with van der Waals surface area (Å²) in [5.74, 6) is 0. The Balaban J connectivity index is 3.22. The van der Waals surface area contributed by atoms with Gasteiger partial charge in [0.05, 0.1) is 5.70 Å². The maximum absolute atomic E-state index is 8.71. The molecule has 0 aliphatic carbocycles. The van der Waals surface area contributed by atoms with E-state index in [1.807, 2.05) is 49.3 Å². The van der Waals surface area contributed by atoms with Crippen molar-refractivity contribution in [1.82, 2.24) is 4.90 Å². The summed E-state index contributed by atoms with van der Waals surface area (Å²) >= 11 is 0. The summed E-state index contributed by atoms with van der Waals surface area (Å²) in [6.45, 7) is 0. The van der Waals surface area contributed by atoms with Gasteiger partial charge in [0.1, 0.15) is 12.1 Å². The van der Waals surface area contributed by atoms with E-state index in [9.17, 15) is 0 Å². The second-order valence-corrected chi connectivity index (χ2v) is 3.53. The molecule has 0 spiro atoms. The fourth-order valence-corrected chi connectivity index (χ4v) is 1.22. The Bertz CT molecular complexity index is 497. The molecule has 4 nitrogen and oxygen atoms in total. The number of rotatable bonds is 3. The van der Waals surface area contributed by atoms with Gasteiger partial charge in [0, 0.05) is 25.9 Å². The third-order valence-electron chi connectivity index (χ3n) is 1.89. The van der Waals surface area contributed by atoms with Crippen LogP contribution in [0.15, 0.2) is 41.5 Å². The van der Waals surface area contributed by atoms with Crippen molar-refractivity contribution < 1.29 is 0 Å². The molecular weight excluding hydrogens is 212 g/mol. The molecule has 0 heterocycles. The van der Waals surface area contributed by atoms with E-state index >= 15 is 0 Å². The number of benzene rings is 1. The molecular formula is C13H12N4. The Morgan fingerprint density at radius 3 is 2.24 bits per heavy atom. The van der Waals surface area contributed by atoms with E-state index in [1.54, 1.807) is 18.3 Å². The summed E-state index contributed by atoms with van der Waals surface area (Å²) in [4.78, 5) is 5.85. The molecule has 0 aliphatic heterocycles. The minimum atomic E-state index is -0.151. The Hall–Kier alpha value is -2.59. The van der Waals surface area contributed by atoms with Crippen molar-refractivity contribution in [1.29, 1.82) is 10.5 Å². The number of hydrogen-bond donors (Lipinski definition) is 0. The number of hydrogen-bond acceptors (Lipinski definition) is 4. The smallest absolute Gasteiger partial charge is 0.218 e.